The Bertz CT molecular complexity index is 1210. The summed E-state index contributed by atoms with van der Waals surface area (Å²) in [5, 5.41) is 8.79. The van der Waals surface area contributed by atoms with E-state index in [1.165, 1.54) is 11.1 Å². The molecule has 7 nitrogen and oxygen atoms in total. The first-order valence-corrected chi connectivity index (χ1v) is 12.6. The summed E-state index contributed by atoms with van der Waals surface area (Å²) in [6, 6.07) is 23.4. The molecule has 7 heteroatoms. The predicted molar refractivity (Wildman–Crippen MR) is 141 cm³/mol. The summed E-state index contributed by atoms with van der Waals surface area (Å²) in [6.07, 6.45) is 2.97. The van der Waals surface area contributed by atoms with Gasteiger partial charge in [-0.3, -0.25) is 4.79 Å². The summed E-state index contributed by atoms with van der Waals surface area (Å²) >= 11 is 0. The molecular weight excluding hydrogens is 452 g/mol. The van der Waals surface area contributed by atoms with Gasteiger partial charge in [-0.25, -0.2) is 4.79 Å². The Kier molecular flexibility index (Phi) is 7.47. The van der Waals surface area contributed by atoms with E-state index in [0.29, 0.717) is 24.3 Å². The molecule has 3 aromatic carbocycles. The van der Waals surface area contributed by atoms with E-state index >= 15 is 0 Å². The van der Waals surface area contributed by atoms with E-state index in [4.69, 9.17) is 4.74 Å². The second-order valence-electron chi connectivity index (χ2n) is 9.31. The first kappa shape index (κ1) is 23.9. The van der Waals surface area contributed by atoms with Crippen LogP contribution in [-0.2, 0) is 24.2 Å². The molecule has 1 fully saturated rings. The molecule has 5 rings (SSSR count). The van der Waals surface area contributed by atoms with Crippen LogP contribution in [0.4, 0.5) is 16.2 Å². The maximum Gasteiger partial charge on any atom is 0.319 e. The number of hydrogen-bond donors (Lipinski definition) is 3. The summed E-state index contributed by atoms with van der Waals surface area (Å²) < 4.78 is 5.67. The minimum atomic E-state index is -0.316. The molecule has 2 heterocycles. The maximum atomic E-state index is 13.3. The topological polar surface area (TPSA) is 82.7 Å². The molecule has 186 valence electrons. The third kappa shape index (κ3) is 5.86. The van der Waals surface area contributed by atoms with E-state index < -0.39 is 0 Å². The minimum Gasteiger partial charge on any atom is -0.376 e. The van der Waals surface area contributed by atoms with Crippen molar-refractivity contribution in [3.63, 3.8) is 0 Å². The van der Waals surface area contributed by atoms with Crippen LogP contribution in [0.1, 0.15) is 39.9 Å². The van der Waals surface area contributed by atoms with Gasteiger partial charge in [0.2, 0.25) is 0 Å². The van der Waals surface area contributed by atoms with Gasteiger partial charge in [0, 0.05) is 44.2 Å². The second-order valence-corrected chi connectivity index (χ2v) is 9.31. The van der Waals surface area contributed by atoms with E-state index in [1.54, 1.807) is 6.07 Å². The molecule has 36 heavy (non-hydrogen) atoms. The molecule has 0 saturated carbocycles. The zero-order valence-electron chi connectivity index (χ0n) is 20.3. The van der Waals surface area contributed by atoms with Gasteiger partial charge in [0.05, 0.1) is 11.7 Å². The normalized spacial score (nSPS) is 16.8. The fraction of sp³-hybridized carbons (Fsp3) is 0.310. The molecule has 0 aliphatic carbocycles. The van der Waals surface area contributed by atoms with Crippen LogP contribution in [0.3, 0.4) is 0 Å². The third-order valence-corrected chi connectivity index (χ3v) is 6.78. The van der Waals surface area contributed by atoms with Crippen molar-refractivity contribution >= 4 is 23.3 Å². The van der Waals surface area contributed by atoms with Gasteiger partial charge in [0.15, 0.2) is 0 Å². The lowest BCUT2D eigenvalue weighted by Gasteiger charge is -2.32. The summed E-state index contributed by atoms with van der Waals surface area (Å²) in [4.78, 5) is 28.1. The van der Waals surface area contributed by atoms with Gasteiger partial charge in [-0.1, -0.05) is 54.6 Å². The minimum absolute atomic E-state index is 0.0596. The Morgan fingerprint density at radius 1 is 0.944 bits per heavy atom. The fourth-order valence-corrected chi connectivity index (χ4v) is 4.83. The van der Waals surface area contributed by atoms with Crippen molar-refractivity contribution in [3.05, 3.63) is 95.1 Å². The van der Waals surface area contributed by atoms with E-state index in [-0.39, 0.29) is 18.0 Å². The summed E-state index contributed by atoms with van der Waals surface area (Å²) in [5.74, 6) is -0.160. The van der Waals surface area contributed by atoms with Crippen LogP contribution in [0.25, 0.3) is 0 Å². The predicted octanol–water partition coefficient (Wildman–Crippen LogP) is 4.48. The molecule has 0 bridgehead atoms. The van der Waals surface area contributed by atoms with Gasteiger partial charge < -0.3 is 25.6 Å². The molecule has 0 spiro atoms. The Morgan fingerprint density at radius 2 is 1.75 bits per heavy atom. The number of nitrogens with zero attached hydrogens (tertiary/aromatic N) is 1. The molecule has 2 aliphatic rings. The van der Waals surface area contributed by atoms with Gasteiger partial charge >= 0.3 is 6.03 Å². The standard InChI is InChI=1S/C29H32N4O3/c34-28(30-19-25-11-6-16-36-25)26-17-24(32-29(35)31-18-21-7-2-1-3-8-21)12-13-27(26)33-15-14-22-9-4-5-10-23(22)20-33/h1-5,7-10,12-13,17,25H,6,11,14-16,18-20H2,(H,30,34)(H2,31,32,35). The highest BCUT2D eigenvalue weighted by molar-refractivity contribution is 6.02. The number of ether oxygens (including phenoxy) is 1. The third-order valence-electron chi connectivity index (χ3n) is 6.78. The number of anilines is 2. The Morgan fingerprint density at radius 3 is 2.56 bits per heavy atom. The number of hydrogen-bond acceptors (Lipinski definition) is 4. The average molecular weight is 485 g/mol. The van der Waals surface area contributed by atoms with Crippen LogP contribution in [0.15, 0.2) is 72.8 Å². The Balaban J connectivity index is 1.32. The SMILES string of the molecule is O=C(NCc1ccccc1)Nc1ccc(N2CCc3ccccc3C2)c(C(=O)NCC2CCCO2)c1. The maximum absolute atomic E-state index is 13.3. The highest BCUT2D eigenvalue weighted by Gasteiger charge is 2.23. The average Bonchev–Trinajstić information content (AvgIpc) is 3.45. The lowest BCUT2D eigenvalue weighted by atomic mass is 9.98. The molecule has 3 amide bonds. The number of urea groups is 1. The van der Waals surface area contributed by atoms with Gasteiger partial charge in [-0.2, -0.15) is 0 Å². The highest BCUT2D eigenvalue weighted by atomic mass is 16.5. The molecule has 1 saturated heterocycles. The van der Waals surface area contributed by atoms with Gasteiger partial charge in [0.1, 0.15) is 0 Å². The molecule has 1 atom stereocenters. The number of rotatable bonds is 7. The molecular formula is C29H32N4O3. The smallest absolute Gasteiger partial charge is 0.319 e. The lowest BCUT2D eigenvalue weighted by Crippen LogP contribution is -2.35. The monoisotopic (exact) mass is 484 g/mol. The van der Waals surface area contributed by atoms with Crippen LogP contribution < -0.4 is 20.9 Å². The van der Waals surface area contributed by atoms with Gasteiger partial charge in [-0.05, 0) is 54.2 Å². The lowest BCUT2D eigenvalue weighted by molar-refractivity contribution is 0.0858. The molecule has 3 aromatic rings. The zero-order chi connectivity index (χ0) is 24.7. The molecule has 0 radical (unpaired) electrons. The summed E-state index contributed by atoms with van der Waals surface area (Å²) in [7, 11) is 0. The van der Waals surface area contributed by atoms with Crippen LogP contribution in [-0.4, -0.2) is 37.7 Å². The number of carbonyl (C=O) groups excluding carboxylic acids is 2. The second kappa shape index (κ2) is 11.3. The van der Waals surface area contributed by atoms with Crippen LogP contribution in [0, 0.1) is 0 Å². The first-order valence-electron chi connectivity index (χ1n) is 12.6. The Hall–Kier alpha value is -3.84. The quantitative estimate of drug-likeness (QED) is 0.462. The van der Waals surface area contributed by atoms with Crippen molar-refractivity contribution in [2.45, 2.75) is 38.5 Å². The van der Waals surface area contributed by atoms with Crippen LogP contribution >= 0.6 is 0 Å². The molecule has 2 aliphatic heterocycles. The number of nitrogens with one attached hydrogen (secondary N) is 3. The van der Waals surface area contributed by atoms with E-state index in [2.05, 4.69) is 45.1 Å². The van der Waals surface area contributed by atoms with Crippen LogP contribution in [0.5, 0.6) is 0 Å². The number of benzene rings is 3. The summed E-state index contributed by atoms with van der Waals surface area (Å²) in [5.41, 5.74) is 5.63. The molecule has 0 aromatic heterocycles. The van der Waals surface area contributed by atoms with Crippen molar-refractivity contribution in [1.29, 1.82) is 0 Å². The Labute approximate surface area is 211 Å². The van der Waals surface area contributed by atoms with Crippen molar-refractivity contribution in [2.75, 3.05) is 29.9 Å². The van der Waals surface area contributed by atoms with Crippen molar-refractivity contribution < 1.29 is 14.3 Å². The van der Waals surface area contributed by atoms with E-state index in [0.717, 1.165) is 50.2 Å². The van der Waals surface area contributed by atoms with Crippen molar-refractivity contribution in [2.24, 2.45) is 0 Å². The highest BCUT2D eigenvalue weighted by Crippen LogP contribution is 2.29. The number of carbonyl (C=O) groups is 2. The van der Waals surface area contributed by atoms with Crippen molar-refractivity contribution in [1.82, 2.24) is 10.6 Å². The number of amides is 3. The van der Waals surface area contributed by atoms with Crippen molar-refractivity contribution in [3.8, 4) is 0 Å². The molecule has 1 unspecified atom stereocenters. The van der Waals surface area contributed by atoms with Crippen LogP contribution in [0.2, 0.25) is 0 Å². The zero-order valence-corrected chi connectivity index (χ0v) is 20.3. The largest absolute Gasteiger partial charge is 0.376 e. The van der Waals surface area contributed by atoms with E-state index in [9.17, 15) is 9.59 Å². The fourth-order valence-electron chi connectivity index (χ4n) is 4.83. The summed E-state index contributed by atoms with van der Waals surface area (Å²) in [6.45, 7) is 3.22. The van der Waals surface area contributed by atoms with E-state index in [1.807, 2.05) is 42.5 Å². The van der Waals surface area contributed by atoms with Gasteiger partial charge in [0.25, 0.3) is 5.91 Å². The van der Waals surface area contributed by atoms with Gasteiger partial charge in [-0.15, -0.1) is 0 Å². The first-order chi connectivity index (χ1) is 17.7. The molecule has 3 N–H and O–H groups in total. The number of fused-ring (bicyclic) bond motifs is 1.